The summed E-state index contributed by atoms with van der Waals surface area (Å²) in [6.45, 7) is 6.81. The molecule has 1 saturated heterocycles. The zero-order valence-corrected chi connectivity index (χ0v) is 14.2. The van der Waals surface area contributed by atoms with Crippen LogP contribution < -0.4 is 0 Å². The van der Waals surface area contributed by atoms with Crippen molar-refractivity contribution in [1.29, 1.82) is 0 Å². The second-order valence-corrected chi connectivity index (χ2v) is 6.97. The number of aliphatic hydroxyl groups is 1. The summed E-state index contributed by atoms with van der Waals surface area (Å²) in [7, 11) is 0. The number of benzene rings is 1. The number of hydrogen-bond donors (Lipinski definition) is 1. The average Bonchev–Trinajstić information content (AvgIpc) is 2.66. The number of carbonyl (C=O) groups excluding carboxylic acids is 1. The Balaban J connectivity index is 1.88. The molecule has 0 bridgehead atoms. The van der Waals surface area contributed by atoms with E-state index < -0.39 is 11.7 Å². The van der Waals surface area contributed by atoms with Crippen molar-refractivity contribution in [3.8, 4) is 0 Å². The lowest BCUT2D eigenvalue weighted by atomic mass is 10.1. The molecule has 0 aliphatic carbocycles. The number of aliphatic hydroxyl groups excluding tert-OH is 1. The highest BCUT2D eigenvalue weighted by molar-refractivity contribution is 5.68. The van der Waals surface area contributed by atoms with Crippen molar-refractivity contribution in [2.24, 2.45) is 0 Å². The Morgan fingerprint density at radius 2 is 2.00 bits per heavy atom. The summed E-state index contributed by atoms with van der Waals surface area (Å²) in [6.07, 6.45) is 0.180. The third-order valence-corrected chi connectivity index (χ3v) is 3.71. The minimum atomic E-state index is -0.700. The summed E-state index contributed by atoms with van der Waals surface area (Å²) in [6, 6.07) is 9.88. The first-order chi connectivity index (χ1) is 10.8. The van der Waals surface area contributed by atoms with Crippen LogP contribution in [0, 0.1) is 0 Å². The van der Waals surface area contributed by atoms with Crippen LogP contribution in [0.4, 0.5) is 4.79 Å². The van der Waals surface area contributed by atoms with Gasteiger partial charge in [-0.25, -0.2) is 4.79 Å². The zero-order valence-electron chi connectivity index (χ0n) is 14.2. The van der Waals surface area contributed by atoms with E-state index in [4.69, 9.17) is 9.47 Å². The number of rotatable bonds is 3. The molecule has 5 heteroatoms. The second kappa shape index (κ2) is 7.79. The molecular weight excluding hydrogens is 294 g/mol. The third-order valence-electron chi connectivity index (χ3n) is 3.71. The predicted octanol–water partition coefficient (Wildman–Crippen LogP) is 2.96. The maximum Gasteiger partial charge on any atom is 0.410 e. The monoisotopic (exact) mass is 321 g/mol. The molecule has 128 valence electrons. The van der Waals surface area contributed by atoms with Crippen molar-refractivity contribution in [2.45, 2.75) is 58.0 Å². The Morgan fingerprint density at radius 1 is 1.30 bits per heavy atom. The van der Waals surface area contributed by atoms with E-state index >= 15 is 0 Å². The van der Waals surface area contributed by atoms with Gasteiger partial charge in [0.05, 0.1) is 25.4 Å². The Morgan fingerprint density at radius 3 is 2.65 bits per heavy atom. The molecule has 2 rings (SSSR count). The van der Waals surface area contributed by atoms with Crippen molar-refractivity contribution < 1.29 is 19.4 Å². The Hall–Kier alpha value is -1.59. The van der Waals surface area contributed by atoms with Crippen LogP contribution in [0.5, 0.6) is 0 Å². The summed E-state index contributed by atoms with van der Waals surface area (Å²) < 4.78 is 11.2. The molecule has 1 N–H and O–H groups in total. The molecule has 1 aromatic rings. The number of carbonyl (C=O) groups is 1. The summed E-state index contributed by atoms with van der Waals surface area (Å²) in [5.74, 6) is 0. The van der Waals surface area contributed by atoms with Gasteiger partial charge in [-0.3, -0.25) is 0 Å². The minimum Gasteiger partial charge on any atom is -0.444 e. The van der Waals surface area contributed by atoms with Gasteiger partial charge in [-0.05, 0) is 39.2 Å². The smallest absolute Gasteiger partial charge is 0.410 e. The van der Waals surface area contributed by atoms with Crippen molar-refractivity contribution in [2.75, 3.05) is 13.1 Å². The maximum absolute atomic E-state index is 12.1. The quantitative estimate of drug-likeness (QED) is 0.930. The Kier molecular flexibility index (Phi) is 6.02. The topological polar surface area (TPSA) is 59.0 Å². The predicted molar refractivity (Wildman–Crippen MR) is 88.1 cm³/mol. The molecule has 0 aromatic heterocycles. The van der Waals surface area contributed by atoms with Crippen LogP contribution in [-0.4, -0.2) is 47.0 Å². The molecule has 0 radical (unpaired) electrons. The number of ether oxygens (including phenoxy) is 2. The lowest BCUT2D eigenvalue weighted by molar-refractivity contribution is -0.0522. The number of likely N-dealkylation sites (tertiary alicyclic amines) is 1. The number of amides is 1. The molecule has 1 aromatic carbocycles. The first kappa shape index (κ1) is 17.8. The van der Waals surface area contributed by atoms with Gasteiger partial charge in [0.25, 0.3) is 0 Å². The van der Waals surface area contributed by atoms with Crippen LogP contribution in [0.25, 0.3) is 0 Å². The van der Waals surface area contributed by atoms with Crippen LogP contribution in [-0.2, 0) is 16.1 Å². The van der Waals surface area contributed by atoms with Crippen molar-refractivity contribution in [1.82, 2.24) is 4.90 Å². The van der Waals surface area contributed by atoms with Gasteiger partial charge >= 0.3 is 6.09 Å². The molecule has 1 aliphatic heterocycles. The van der Waals surface area contributed by atoms with E-state index in [0.717, 1.165) is 18.4 Å². The Labute approximate surface area is 138 Å². The van der Waals surface area contributed by atoms with Crippen LogP contribution in [0.3, 0.4) is 0 Å². The molecule has 0 saturated carbocycles. The molecule has 1 aliphatic rings. The third kappa shape index (κ3) is 5.84. The molecule has 1 fully saturated rings. The van der Waals surface area contributed by atoms with Crippen molar-refractivity contribution in [3.05, 3.63) is 35.9 Å². The van der Waals surface area contributed by atoms with E-state index in [9.17, 15) is 9.90 Å². The largest absolute Gasteiger partial charge is 0.444 e. The van der Waals surface area contributed by atoms with Gasteiger partial charge in [-0.15, -0.1) is 0 Å². The summed E-state index contributed by atoms with van der Waals surface area (Å²) in [5, 5.41) is 10.4. The molecule has 1 heterocycles. The normalized spacial score (nSPS) is 22.5. The number of nitrogens with zero attached hydrogens (tertiary/aromatic N) is 1. The van der Waals surface area contributed by atoms with Crippen LogP contribution in [0.15, 0.2) is 30.3 Å². The second-order valence-electron chi connectivity index (χ2n) is 6.97. The van der Waals surface area contributed by atoms with E-state index in [0.29, 0.717) is 13.2 Å². The van der Waals surface area contributed by atoms with Gasteiger partial charge in [0.15, 0.2) is 0 Å². The molecule has 5 nitrogen and oxygen atoms in total. The minimum absolute atomic E-state index is 0.244. The molecular formula is C18H27NO4. The van der Waals surface area contributed by atoms with E-state index in [-0.39, 0.29) is 18.7 Å². The van der Waals surface area contributed by atoms with E-state index in [1.54, 1.807) is 4.90 Å². The molecule has 23 heavy (non-hydrogen) atoms. The first-order valence-corrected chi connectivity index (χ1v) is 8.17. The van der Waals surface area contributed by atoms with Crippen molar-refractivity contribution in [3.63, 3.8) is 0 Å². The van der Waals surface area contributed by atoms with E-state index in [2.05, 4.69) is 0 Å². The fraction of sp³-hybridized carbons (Fsp3) is 0.611. The maximum atomic E-state index is 12.1. The molecule has 2 unspecified atom stereocenters. The SMILES string of the molecule is CC(C)(C)OC(=O)N1CCCC(OCc2ccccc2)C(O)C1. The fourth-order valence-electron chi connectivity index (χ4n) is 2.57. The van der Waals surface area contributed by atoms with Gasteiger partial charge in [0.1, 0.15) is 5.60 Å². The van der Waals surface area contributed by atoms with Crippen LogP contribution in [0.2, 0.25) is 0 Å². The van der Waals surface area contributed by atoms with Gasteiger partial charge in [0, 0.05) is 6.54 Å². The standard InChI is InChI=1S/C18H27NO4/c1-18(2,3)23-17(21)19-11-7-10-16(15(20)12-19)22-13-14-8-5-4-6-9-14/h4-6,8-9,15-16,20H,7,10-13H2,1-3H3. The summed E-state index contributed by atoms with van der Waals surface area (Å²) in [4.78, 5) is 13.7. The lowest BCUT2D eigenvalue weighted by Crippen LogP contribution is -2.42. The number of hydrogen-bond acceptors (Lipinski definition) is 4. The fourth-order valence-corrected chi connectivity index (χ4v) is 2.57. The van der Waals surface area contributed by atoms with Gasteiger partial charge < -0.3 is 19.5 Å². The highest BCUT2D eigenvalue weighted by Crippen LogP contribution is 2.19. The lowest BCUT2D eigenvalue weighted by Gasteiger charge is -2.28. The van der Waals surface area contributed by atoms with Gasteiger partial charge in [-0.2, -0.15) is 0 Å². The Bertz CT molecular complexity index is 497. The average molecular weight is 321 g/mol. The summed E-state index contributed by atoms with van der Waals surface area (Å²) >= 11 is 0. The highest BCUT2D eigenvalue weighted by Gasteiger charge is 2.30. The summed E-state index contributed by atoms with van der Waals surface area (Å²) in [5.41, 5.74) is 0.547. The van der Waals surface area contributed by atoms with E-state index in [1.807, 2.05) is 51.1 Å². The van der Waals surface area contributed by atoms with Gasteiger partial charge in [0.2, 0.25) is 0 Å². The van der Waals surface area contributed by atoms with Crippen molar-refractivity contribution >= 4 is 6.09 Å². The number of β-amino-alcohol motifs (C(OH)–C–C–N with tert-alkyl or cyclic N) is 1. The molecule has 2 atom stereocenters. The van der Waals surface area contributed by atoms with E-state index in [1.165, 1.54) is 0 Å². The highest BCUT2D eigenvalue weighted by atomic mass is 16.6. The molecule has 0 spiro atoms. The van der Waals surface area contributed by atoms with Crippen LogP contribution >= 0.6 is 0 Å². The zero-order chi connectivity index (χ0) is 16.9. The molecule has 1 amide bonds. The van der Waals surface area contributed by atoms with Crippen LogP contribution in [0.1, 0.15) is 39.2 Å². The van der Waals surface area contributed by atoms with Gasteiger partial charge in [-0.1, -0.05) is 30.3 Å². The first-order valence-electron chi connectivity index (χ1n) is 8.17.